The van der Waals surface area contributed by atoms with Crippen LogP contribution in [0.4, 0.5) is 0 Å². The third-order valence-electron chi connectivity index (χ3n) is 1.96. The molecule has 5 heteroatoms. The van der Waals surface area contributed by atoms with Crippen molar-refractivity contribution < 1.29 is 0 Å². The molecule has 2 aromatic heterocycles. The van der Waals surface area contributed by atoms with Crippen molar-refractivity contribution in [3.63, 3.8) is 0 Å². The van der Waals surface area contributed by atoms with Crippen molar-refractivity contribution in [2.45, 2.75) is 13.1 Å². The lowest BCUT2D eigenvalue weighted by Gasteiger charge is -2.13. The lowest BCUT2D eigenvalue weighted by molar-refractivity contribution is 0.318. The van der Waals surface area contributed by atoms with Gasteiger partial charge in [0.1, 0.15) is 0 Å². The van der Waals surface area contributed by atoms with E-state index in [-0.39, 0.29) is 0 Å². The number of aromatic nitrogens is 1. The van der Waals surface area contributed by atoms with E-state index in [0.29, 0.717) is 0 Å². The van der Waals surface area contributed by atoms with Crippen molar-refractivity contribution in [3.05, 3.63) is 37.4 Å². The Morgan fingerprint density at radius 1 is 1.40 bits per heavy atom. The molecule has 0 amide bonds. The molecule has 80 valence electrons. The lowest BCUT2D eigenvalue weighted by Crippen LogP contribution is -2.16. The monoisotopic (exact) mass is 302 g/mol. The Labute approximate surface area is 106 Å². The fraction of sp³-hybridized carbons (Fsp3) is 0.300. The summed E-state index contributed by atoms with van der Waals surface area (Å²) in [7, 11) is 2.12. The molecule has 0 fully saturated rings. The van der Waals surface area contributed by atoms with E-state index in [2.05, 4.69) is 49.7 Å². The Kier molecular flexibility index (Phi) is 3.91. The topological polar surface area (TPSA) is 16.1 Å². The Hall–Kier alpha value is -0.230. The van der Waals surface area contributed by atoms with E-state index in [0.717, 1.165) is 18.8 Å². The van der Waals surface area contributed by atoms with Crippen LogP contribution in [-0.4, -0.2) is 16.9 Å². The summed E-state index contributed by atoms with van der Waals surface area (Å²) in [5.41, 5.74) is 3.03. The average Bonchev–Trinajstić information content (AvgIpc) is 2.77. The van der Waals surface area contributed by atoms with Crippen LogP contribution in [0, 0.1) is 0 Å². The summed E-state index contributed by atoms with van der Waals surface area (Å²) >= 11 is 6.90. The van der Waals surface area contributed by atoms with Crippen LogP contribution in [0.3, 0.4) is 0 Å². The zero-order valence-electron chi connectivity index (χ0n) is 8.31. The van der Waals surface area contributed by atoms with Gasteiger partial charge in [-0.3, -0.25) is 4.90 Å². The quantitative estimate of drug-likeness (QED) is 0.858. The molecule has 0 unspecified atom stereocenters. The third kappa shape index (κ3) is 3.38. The highest BCUT2D eigenvalue weighted by molar-refractivity contribution is 9.10. The van der Waals surface area contributed by atoms with Gasteiger partial charge >= 0.3 is 0 Å². The molecular weight excluding hydrogens is 292 g/mol. The number of halogens is 1. The molecule has 0 atom stereocenters. The number of hydrogen-bond donors (Lipinski definition) is 0. The summed E-state index contributed by atoms with van der Waals surface area (Å²) < 4.78 is 1.17. The smallest absolute Gasteiger partial charge is 0.0795 e. The Bertz CT molecular complexity index is 411. The minimum absolute atomic E-state index is 0.916. The van der Waals surface area contributed by atoms with E-state index in [9.17, 15) is 0 Å². The first-order valence-corrected chi connectivity index (χ1v) is 7.14. The fourth-order valence-electron chi connectivity index (χ4n) is 1.35. The standard InChI is InChI=1S/C10H11BrN2S2/c1-13(3-9-6-14-7-12-9)4-10-2-8(11)5-15-10/h2,5-7H,3-4H2,1H3. The van der Waals surface area contributed by atoms with Crippen molar-refractivity contribution >= 4 is 38.6 Å². The van der Waals surface area contributed by atoms with Gasteiger partial charge in [0, 0.05) is 33.2 Å². The first-order valence-electron chi connectivity index (χ1n) is 4.52. The van der Waals surface area contributed by atoms with Crippen LogP contribution in [-0.2, 0) is 13.1 Å². The van der Waals surface area contributed by atoms with E-state index in [4.69, 9.17) is 0 Å². The summed E-state index contributed by atoms with van der Waals surface area (Å²) in [4.78, 5) is 7.92. The number of hydrogen-bond acceptors (Lipinski definition) is 4. The largest absolute Gasteiger partial charge is 0.295 e. The van der Waals surface area contributed by atoms with E-state index in [1.165, 1.54) is 9.35 Å². The first-order chi connectivity index (χ1) is 7.24. The molecule has 0 bridgehead atoms. The van der Waals surface area contributed by atoms with Gasteiger partial charge in [-0.25, -0.2) is 4.98 Å². The van der Waals surface area contributed by atoms with Gasteiger partial charge in [0.25, 0.3) is 0 Å². The summed E-state index contributed by atoms with van der Waals surface area (Å²) in [6, 6.07) is 2.17. The lowest BCUT2D eigenvalue weighted by atomic mass is 10.4. The second kappa shape index (κ2) is 5.21. The molecule has 0 aromatic carbocycles. The van der Waals surface area contributed by atoms with Crippen LogP contribution in [0.5, 0.6) is 0 Å². The Balaban J connectivity index is 1.90. The van der Waals surface area contributed by atoms with Crippen LogP contribution >= 0.6 is 38.6 Å². The predicted octanol–water partition coefficient (Wildman–Crippen LogP) is 3.60. The molecule has 0 aliphatic carbocycles. The van der Waals surface area contributed by atoms with Crippen LogP contribution < -0.4 is 0 Å². The van der Waals surface area contributed by atoms with Crippen LogP contribution in [0.25, 0.3) is 0 Å². The van der Waals surface area contributed by atoms with Crippen LogP contribution in [0.1, 0.15) is 10.6 Å². The number of thiazole rings is 1. The minimum atomic E-state index is 0.916. The average molecular weight is 303 g/mol. The Morgan fingerprint density at radius 2 is 2.27 bits per heavy atom. The maximum absolute atomic E-state index is 4.27. The van der Waals surface area contributed by atoms with Crippen molar-refractivity contribution in [2.24, 2.45) is 0 Å². The molecule has 0 saturated heterocycles. The molecule has 2 rings (SSSR count). The molecule has 0 saturated carbocycles. The molecular formula is C10H11BrN2S2. The molecule has 2 aromatic rings. The van der Waals surface area contributed by atoms with Gasteiger partial charge in [0.15, 0.2) is 0 Å². The number of nitrogens with zero attached hydrogens (tertiary/aromatic N) is 2. The molecule has 0 radical (unpaired) electrons. The number of rotatable bonds is 4. The summed E-state index contributed by atoms with van der Waals surface area (Å²) in [6.07, 6.45) is 0. The van der Waals surface area contributed by atoms with Gasteiger partial charge in [-0.05, 0) is 29.0 Å². The van der Waals surface area contributed by atoms with E-state index >= 15 is 0 Å². The second-order valence-electron chi connectivity index (χ2n) is 3.38. The molecule has 2 nitrogen and oxygen atoms in total. The van der Waals surface area contributed by atoms with E-state index in [1.807, 2.05) is 5.51 Å². The normalized spacial score (nSPS) is 11.1. The third-order valence-corrected chi connectivity index (χ3v) is 4.28. The van der Waals surface area contributed by atoms with Crippen LogP contribution in [0.2, 0.25) is 0 Å². The SMILES string of the molecule is CN(Cc1cscn1)Cc1cc(Br)cs1. The summed E-state index contributed by atoms with van der Waals surface area (Å²) in [6.45, 7) is 1.90. The van der Waals surface area contributed by atoms with Gasteiger partial charge in [0.05, 0.1) is 11.2 Å². The van der Waals surface area contributed by atoms with Gasteiger partial charge in [-0.2, -0.15) is 0 Å². The highest BCUT2D eigenvalue weighted by Gasteiger charge is 2.04. The molecule has 2 heterocycles. The molecule has 15 heavy (non-hydrogen) atoms. The van der Waals surface area contributed by atoms with Gasteiger partial charge < -0.3 is 0 Å². The molecule has 0 aliphatic heterocycles. The minimum Gasteiger partial charge on any atom is -0.295 e. The maximum atomic E-state index is 4.27. The zero-order chi connectivity index (χ0) is 10.7. The molecule has 0 spiro atoms. The fourth-order valence-corrected chi connectivity index (χ4v) is 3.43. The highest BCUT2D eigenvalue weighted by atomic mass is 79.9. The Morgan fingerprint density at radius 3 is 2.87 bits per heavy atom. The van der Waals surface area contributed by atoms with Gasteiger partial charge in [0.2, 0.25) is 0 Å². The van der Waals surface area contributed by atoms with Crippen molar-refractivity contribution in [3.8, 4) is 0 Å². The molecule has 0 aliphatic rings. The predicted molar refractivity (Wildman–Crippen MR) is 69.3 cm³/mol. The summed E-state index contributed by atoms with van der Waals surface area (Å²) in [5.74, 6) is 0. The first kappa shape index (κ1) is 11.3. The summed E-state index contributed by atoms with van der Waals surface area (Å²) in [5, 5.41) is 4.22. The highest BCUT2D eigenvalue weighted by Crippen LogP contribution is 2.21. The van der Waals surface area contributed by atoms with Crippen molar-refractivity contribution in [2.75, 3.05) is 7.05 Å². The maximum Gasteiger partial charge on any atom is 0.0795 e. The van der Waals surface area contributed by atoms with Crippen LogP contribution in [0.15, 0.2) is 26.8 Å². The van der Waals surface area contributed by atoms with Crippen molar-refractivity contribution in [1.29, 1.82) is 0 Å². The zero-order valence-corrected chi connectivity index (χ0v) is 11.5. The van der Waals surface area contributed by atoms with E-state index < -0.39 is 0 Å². The van der Waals surface area contributed by atoms with Gasteiger partial charge in [-0.15, -0.1) is 22.7 Å². The second-order valence-corrected chi connectivity index (χ2v) is 6.01. The molecule has 0 N–H and O–H groups in total. The van der Waals surface area contributed by atoms with E-state index in [1.54, 1.807) is 22.7 Å². The van der Waals surface area contributed by atoms with Gasteiger partial charge in [-0.1, -0.05) is 0 Å². The number of thiophene rings is 1. The van der Waals surface area contributed by atoms with Crippen molar-refractivity contribution in [1.82, 2.24) is 9.88 Å².